The number of aliphatic hydroxyl groups excluding tert-OH is 1. The van der Waals surface area contributed by atoms with E-state index in [1.165, 1.54) is 6.92 Å². The van der Waals surface area contributed by atoms with Gasteiger partial charge in [-0.25, -0.2) is 4.79 Å². The second-order valence-corrected chi connectivity index (χ2v) is 11.4. The third-order valence-corrected chi connectivity index (χ3v) is 7.85. The number of carbonyl (C=O) groups is 4. The number of aliphatic carboxylic acids is 1. The van der Waals surface area contributed by atoms with Crippen molar-refractivity contribution in [2.45, 2.75) is 62.9 Å². The van der Waals surface area contributed by atoms with Gasteiger partial charge in [0.1, 0.15) is 24.2 Å². The van der Waals surface area contributed by atoms with Crippen LogP contribution in [-0.4, -0.2) is 86.6 Å². The molecule has 4 aromatic rings. The maximum Gasteiger partial charge on any atom is 0.326 e. The number of fused-ring (bicyclic) bond motifs is 2. The molecule has 4 rings (SSSR count). The van der Waals surface area contributed by atoms with Crippen LogP contribution in [0.4, 0.5) is 0 Å². The lowest BCUT2D eigenvalue weighted by atomic mass is 10.0. The van der Waals surface area contributed by atoms with E-state index >= 15 is 0 Å². The molecule has 15 nitrogen and oxygen atoms in total. The Labute approximate surface area is 270 Å². The number of nitrogens with zero attached hydrogens (tertiary/aromatic N) is 1. The molecule has 5 atom stereocenters. The fourth-order valence-electron chi connectivity index (χ4n) is 5.25. The van der Waals surface area contributed by atoms with Crippen LogP contribution in [0.25, 0.3) is 21.8 Å². The smallest absolute Gasteiger partial charge is 0.326 e. The number of para-hydroxylation sites is 2. The second-order valence-electron chi connectivity index (χ2n) is 11.4. The van der Waals surface area contributed by atoms with Gasteiger partial charge in [0.05, 0.1) is 6.10 Å². The van der Waals surface area contributed by atoms with Crippen LogP contribution in [0, 0.1) is 0 Å². The summed E-state index contributed by atoms with van der Waals surface area (Å²) in [5.41, 5.74) is 19.6. The number of hydrogen-bond acceptors (Lipinski definition) is 7. The van der Waals surface area contributed by atoms with Crippen LogP contribution in [0.5, 0.6) is 0 Å². The lowest BCUT2D eigenvalue weighted by Gasteiger charge is -2.25. The lowest BCUT2D eigenvalue weighted by molar-refractivity contribution is -0.142. The molecule has 2 aromatic heterocycles. The first-order valence-corrected chi connectivity index (χ1v) is 15.2. The number of H-pyrrole nitrogens is 2. The van der Waals surface area contributed by atoms with E-state index < -0.39 is 54.0 Å². The number of aromatic nitrogens is 2. The van der Waals surface area contributed by atoms with Crippen molar-refractivity contribution in [3.8, 4) is 0 Å². The Morgan fingerprint density at radius 3 is 1.81 bits per heavy atom. The van der Waals surface area contributed by atoms with E-state index in [2.05, 4.69) is 30.9 Å². The number of aromatic amines is 2. The van der Waals surface area contributed by atoms with Crippen LogP contribution in [0.1, 0.15) is 30.9 Å². The quantitative estimate of drug-likeness (QED) is 0.0435. The predicted octanol–water partition coefficient (Wildman–Crippen LogP) is -0.265. The summed E-state index contributed by atoms with van der Waals surface area (Å²) in [6, 6.07) is 9.77. The highest BCUT2D eigenvalue weighted by Gasteiger charge is 2.32. The van der Waals surface area contributed by atoms with Crippen molar-refractivity contribution in [3.63, 3.8) is 0 Å². The molecule has 0 aliphatic heterocycles. The van der Waals surface area contributed by atoms with E-state index in [-0.39, 0.29) is 38.2 Å². The van der Waals surface area contributed by atoms with Crippen LogP contribution in [0.15, 0.2) is 65.9 Å². The first kappa shape index (κ1) is 34.5. The topological polar surface area (TPSA) is 267 Å². The number of guanidine groups is 1. The van der Waals surface area contributed by atoms with Gasteiger partial charge in [-0.1, -0.05) is 36.4 Å². The number of benzene rings is 2. The largest absolute Gasteiger partial charge is 0.480 e. The zero-order chi connectivity index (χ0) is 34.1. The molecule has 0 radical (unpaired) electrons. The fourth-order valence-corrected chi connectivity index (χ4v) is 5.25. The van der Waals surface area contributed by atoms with Gasteiger partial charge in [-0.15, -0.1) is 0 Å². The maximum atomic E-state index is 13.8. The molecule has 0 bridgehead atoms. The molecule has 2 heterocycles. The number of hydrogen-bond donors (Lipinski definition) is 10. The molecule has 2 aromatic carbocycles. The van der Waals surface area contributed by atoms with E-state index in [0.29, 0.717) is 11.1 Å². The van der Waals surface area contributed by atoms with Gasteiger partial charge in [0.15, 0.2) is 5.96 Å². The van der Waals surface area contributed by atoms with Crippen molar-refractivity contribution < 1.29 is 29.4 Å². The molecule has 0 fully saturated rings. The van der Waals surface area contributed by atoms with E-state index in [1.54, 1.807) is 12.4 Å². The number of amides is 3. The average molecular weight is 648 g/mol. The second kappa shape index (κ2) is 15.7. The summed E-state index contributed by atoms with van der Waals surface area (Å²) in [6.07, 6.45) is 2.57. The van der Waals surface area contributed by atoms with Crippen molar-refractivity contribution in [3.05, 3.63) is 72.1 Å². The monoisotopic (exact) mass is 647 g/mol. The molecule has 13 N–H and O–H groups in total. The van der Waals surface area contributed by atoms with E-state index in [1.807, 2.05) is 48.5 Å². The number of rotatable bonds is 16. The van der Waals surface area contributed by atoms with Gasteiger partial charge < -0.3 is 53.3 Å². The van der Waals surface area contributed by atoms with Crippen LogP contribution in [0.3, 0.4) is 0 Å². The fraction of sp³-hybridized carbons (Fsp3) is 0.344. The Kier molecular flexibility index (Phi) is 11.5. The molecule has 47 heavy (non-hydrogen) atoms. The third-order valence-electron chi connectivity index (χ3n) is 7.85. The highest BCUT2D eigenvalue weighted by atomic mass is 16.4. The van der Waals surface area contributed by atoms with Crippen molar-refractivity contribution in [1.82, 2.24) is 25.9 Å². The Balaban J connectivity index is 1.59. The molecule has 0 saturated carbocycles. The van der Waals surface area contributed by atoms with Crippen LogP contribution in [-0.2, 0) is 32.0 Å². The minimum absolute atomic E-state index is 0.00284. The minimum Gasteiger partial charge on any atom is -0.480 e. The standard InChI is InChI=1S/C32H41N9O6/c1-17(42)27(33)30(45)39-24(11-6-12-36-32(34)35)28(43)40-25(13-18-15-37-22-9-4-2-7-20(18)22)29(44)41-26(31(46)47)14-19-16-38-23-10-5-3-8-21(19)23/h2-5,7-10,15-17,24-27,37-38,42H,6,11-14,33H2,1H3,(H,39,45)(H,40,43)(H,41,44)(H,46,47)(H4,34,35,36). The summed E-state index contributed by atoms with van der Waals surface area (Å²) >= 11 is 0. The van der Waals surface area contributed by atoms with Gasteiger partial charge >= 0.3 is 5.97 Å². The van der Waals surface area contributed by atoms with Crippen molar-refractivity contribution >= 4 is 51.5 Å². The van der Waals surface area contributed by atoms with Crippen molar-refractivity contribution in [1.29, 1.82) is 0 Å². The summed E-state index contributed by atoms with van der Waals surface area (Å²) in [6.45, 7) is 1.51. The lowest BCUT2D eigenvalue weighted by Crippen LogP contribution is -2.58. The molecular formula is C32H41N9O6. The Hall–Kier alpha value is -5.41. The summed E-state index contributed by atoms with van der Waals surface area (Å²) in [5.74, 6) is -3.62. The molecule has 15 heteroatoms. The Morgan fingerprint density at radius 1 is 0.787 bits per heavy atom. The molecule has 3 amide bonds. The summed E-state index contributed by atoms with van der Waals surface area (Å²) in [4.78, 5) is 62.8. The first-order valence-electron chi connectivity index (χ1n) is 15.2. The number of carboxylic acids is 1. The highest BCUT2D eigenvalue weighted by molar-refractivity contribution is 5.95. The summed E-state index contributed by atoms with van der Waals surface area (Å²) in [5, 5.41) is 29.4. The van der Waals surface area contributed by atoms with Crippen molar-refractivity contribution in [2.24, 2.45) is 22.2 Å². The number of carbonyl (C=O) groups excluding carboxylic acids is 3. The third kappa shape index (κ3) is 9.08. The predicted molar refractivity (Wildman–Crippen MR) is 177 cm³/mol. The molecular weight excluding hydrogens is 606 g/mol. The molecule has 0 aliphatic carbocycles. The Bertz CT molecular complexity index is 1740. The van der Waals surface area contributed by atoms with Gasteiger partial charge in [0.25, 0.3) is 0 Å². The first-order chi connectivity index (χ1) is 22.4. The molecule has 250 valence electrons. The van der Waals surface area contributed by atoms with Crippen molar-refractivity contribution in [2.75, 3.05) is 6.54 Å². The molecule has 0 saturated heterocycles. The van der Waals surface area contributed by atoms with Gasteiger partial charge in [-0.3, -0.25) is 19.4 Å². The van der Waals surface area contributed by atoms with Gasteiger partial charge in [0.2, 0.25) is 17.7 Å². The van der Waals surface area contributed by atoms with Crippen LogP contribution < -0.4 is 33.2 Å². The van der Waals surface area contributed by atoms with Crippen LogP contribution >= 0.6 is 0 Å². The molecule has 0 aliphatic rings. The average Bonchev–Trinajstić information content (AvgIpc) is 3.65. The number of carboxylic acid groups (broad SMARTS) is 1. The summed E-state index contributed by atoms with van der Waals surface area (Å²) < 4.78 is 0. The van der Waals surface area contributed by atoms with E-state index in [4.69, 9.17) is 17.2 Å². The molecule has 0 spiro atoms. The molecule has 5 unspecified atom stereocenters. The van der Waals surface area contributed by atoms with Crippen LogP contribution in [0.2, 0.25) is 0 Å². The van der Waals surface area contributed by atoms with E-state index in [9.17, 15) is 29.4 Å². The highest BCUT2D eigenvalue weighted by Crippen LogP contribution is 2.21. The number of nitrogens with one attached hydrogen (secondary N) is 5. The maximum absolute atomic E-state index is 13.8. The van der Waals surface area contributed by atoms with Gasteiger partial charge in [-0.2, -0.15) is 0 Å². The number of aliphatic imine (C=N–C) groups is 1. The number of aliphatic hydroxyl groups is 1. The SMILES string of the molecule is CC(O)C(N)C(=O)NC(CCCN=C(N)N)C(=O)NC(Cc1c[nH]c2ccccc12)C(=O)NC(Cc1c[nH]c2ccccc12)C(=O)O. The number of nitrogens with two attached hydrogens (primary N) is 3. The minimum atomic E-state index is -1.32. The van der Waals surface area contributed by atoms with E-state index in [0.717, 1.165) is 21.8 Å². The van der Waals surface area contributed by atoms with Gasteiger partial charge in [-0.05, 0) is 43.0 Å². The van der Waals surface area contributed by atoms with Gasteiger partial charge in [0, 0.05) is 53.6 Å². The zero-order valence-corrected chi connectivity index (χ0v) is 25.9. The normalized spacial score (nSPS) is 14.4. The summed E-state index contributed by atoms with van der Waals surface area (Å²) in [7, 11) is 0. The Morgan fingerprint density at radius 2 is 1.28 bits per heavy atom. The zero-order valence-electron chi connectivity index (χ0n) is 25.9.